The van der Waals surface area contributed by atoms with Gasteiger partial charge in [-0.3, -0.25) is 0 Å². The Labute approximate surface area is 150 Å². The molecule has 0 spiro atoms. The molecule has 136 valence electrons. The molecular formula is C20H30N4O. The van der Waals surface area contributed by atoms with Gasteiger partial charge >= 0.3 is 6.03 Å². The van der Waals surface area contributed by atoms with Gasteiger partial charge in [-0.1, -0.05) is 33.1 Å². The minimum atomic E-state index is -0.0315. The van der Waals surface area contributed by atoms with Gasteiger partial charge in [-0.2, -0.15) is 0 Å². The molecule has 1 fully saturated rings. The van der Waals surface area contributed by atoms with Gasteiger partial charge in [0.2, 0.25) is 0 Å². The van der Waals surface area contributed by atoms with E-state index < -0.39 is 0 Å². The van der Waals surface area contributed by atoms with Crippen molar-refractivity contribution in [3.8, 4) is 0 Å². The fourth-order valence-electron chi connectivity index (χ4n) is 3.72. The van der Waals surface area contributed by atoms with Crippen LogP contribution in [0.2, 0.25) is 0 Å². The number of carbonyl (C=O) groups is 1. The number of aromatic nitrogens is 2. The standard InChI is InChI=1S/C20H30N4O/c1-15(2)13-24-14-16(18-9-6-11-21-19(18)24)10-12-22-20(25)23-17-7-4-3-5-8-17/h6,9,11,14-15,17H,3-5,7-8,10,12-13H2,1-2H3,(H2,22,23,25). The fraction of sp³-hybridized carbons (Fsp3) is 0.600. The third-order valence-electron chi connectivity index (χ3n) is 4.90. The average Bonchev–Trinajstić information content (AvgIpc) is 2.93. The number of carbonyl (C=O) groups excluding carboxylic acids is 1. The molecule has 0 bridgehead atoms. The van der Waals surface area contributed by atoms with Crippen LogP contribution in [0.15, 0.2) is 24.5 Å². The van der Waals surface area contributed by atoms with Crippen molar-refractivity contribution < 1.29 is 4.79 Å². The summed E-state index contributed by atoms with van der Waals surface area (Å²) in [5.41, 5.74) is 2.29. The number of fused-ring (bicyclic) bond motifs is 1. The van der Waals surface area contributed by atoms with E-state index in [1.54, 1.807) is 0 Å². The van der Waals surface area contributed by atoms with E-state index in [0.717, 1.165) is 31.5 Å². The van der Waals surface area contributed by atoms with Gasteiger partial charge in [0.05, 0.1) is 0 Å². The first-order valence-electron chi connectivity index (χ1n) is 9.60. The molecule has 1 aliphatic rings. The van der Waals surface area contributed by atoms with Crippen LogP contribution >= 0.6 is 0 Å². The molecule has 0 radical (unpaired) electrons. The van der Waals surface area contributed by atoms with Crippen molar-refractivity contribution >= 4 is 17.1 Å². The predicted octanol–water partition coefficient (Wildman–Crippen LogP) is 3.87. The monoisotopic (exact) mass is 342 g/mol. The molecule has 2 N–H and O–H groups in total. The van der Waals surface area contributed by atoms with Gasteiger partial charge in [-0.15, -0.1) is 0 Å². The average molecular weight is 342 g/mol. The Kier molecular flexibility index (Phi) is 5.95. The second-order valence-corrected chi connectivity index (χ2v) is 7.56. The normalized spacial score (nSPS) is 15.6. The highest BCUT2D eigenvalue weighted by atomic mass is 16.2. The molecule has 25 heavy (non-hydrogen) atoms. The molecule has 3 rings (SSSR count). The van der Waals surface area contributed by atoms with E-state index in [1.165, 1.54) is 30.2 Å². The van der Waals surface area contributed by atoms with Crippen molar-refractivity contribution in [1.29, 1.82) is 0 Å². The summed E-state index contributed by atoms with van der Waals surface area (Å²) >= 11 is 0. The van der Waals surface area contributed by atoms with Crippen molar-refractivity contribution in [2.45, 2.75) is 65.0 Å². The van der Waals surface area contributed by atoms with Crippen LogP contribution in [0.25, 0.3) is 11.0 Å². The van der Waals surface area contributed by atoms with E-state index >= 15 is 0 Å². The maximum absolute atomic E-state index is 12.1. The lowest BCUT2D eigenvalue weighted by atomic mass is 9.96. The molecule has 0 aromatic carbocycles. The Morgan fingerprint density at radius 2 is 2.12 bits per heavy atom. The SMILES string of the molecule is CC(C)Cn1cc(CCNC(=O)NC2CCCCC2)c2cccnc21. The summed E-state index contributed by atoms with van der Waals surface area (Å²) in [6, 6.07) is 4.42. The van der Waals surface area contributed by atoms with E-state index in [4.69, 9.17) is 0 Å². The Morgan fingerprint density at radius 3 is 2.88 bits per heavy atom. The van der Waals surface area contributed by atoms with Gasteiger partial charge in [-0.05, 0) is 42.9 Å². The highest BCUT2D eigenvalue weighted by Crippen LogP contribution is 2.21. The van der Waals surface area contributed by atoms with Crippen molar-refractivity contribution in [3.05, 3.63) is 30.1 Å². The van der Waals surface area contributed by atoms with Crippen molar-refractivity contribution in [2.24, 2.45) is 5.92 Å². The summed E-state index contributed by atoms with van der Waals surface area (Å²) < 4.78 is 2.23. The van der Waals surface area contributed by atoms with Crippen LogP contribution in [0, 0.1) is 5.92 Å². The van der Waals surface area contributed by atoms with Crippen molar-refractivity contribution in [1.82, 2.24) is 20.2 Å². The van der Waals surface area contributed by atoms with E-state index in [0.29, 0.717) is 18.5 Å². The molecule has 2 amide bonds. The van der Waals surface area contributed by atoms with Crippen LogP contribution in [0.4, 0.5) is 4.79 Å². The van der Waals surface area contributed by atoms with Gasteiger partial charge in [-0.25, -0.2) is 9.78 Å². The van der Waals surface area contributed by atoms with Crippen LogP contribution in [0.5, 0.6) is 0 Å². The van der Waals surface area contributed by atoms with Crippen molar-refractivity contribution in [2.75, 3.05) is 6.54 Å². The quantitative estimate of drug-likeness (QED) is 0.837. The number of nitrogens with zero attached hydrogens (tertiary/aromatic N) is 2. The molecule has 1 aliphatic carbocycles. The van der Waals surface area contributed by atoms with Gasteiger partial charge in [0.1, 0.15) is 5.65 Å². The molecule has 5 heteroatoms. The topological polar surface area (TPSA) is 59.0 Å². The number of rotatable bonds is 6. The number of pyridine rings is 1. The van der Waals surface area contributed by atoms with E-state index in [-0.39, 0.29) is 6.03 Å². The van der Waals surface area contributed by atoms with Crippen LogP contribution < -0.4 is 10.6 Å². The van der Waals surface area contributed by atoms with Crippen LogP contribution in [-0.2, 0) is 13.0 Å². The Balaban J connectivity index is 1.56. The van der Waals surface area contributed by atoms with Crippen LogP contribution in [0.1, 0.15) is 51.5 Å². The summed E-state index contributed by atoms with van der Waals surface area (Å²) in [6.07, 6.45) is 10.8. The number of urea groups is 1. The zero-order valence-corrected chi connectivity index (χ0v) is 15.4. The summed E-state index contributed by atoms with van der Waals surface area (Å²) in [4.78, 5) is 16.6. The van der Waals surface area contributed by atoms with Crippen LogP contribution in [0.3, 0.4) is 0 Å². The number of nitrogens with one attached hydrogen (secondary N) is 2. The lowest BCUT2D eigenvalue weighted by molar-refractivity contribution is 0.233. The van der Waals surface area contributed by atoms with Gasteiger partial charge in [0.15, 0.2) is 0 Å². The highest BCUT2D eigenvalue weighted by Gasteiger charge is 2.15. The highest BCUT2D eigenvalue weighted by molar-refractivity contribution is 5.80. The number of hydrogen-bond donors (Lipinski definition) is 2. The van der Waals surface area contributed by atoms with Crippen LogP contribution in [-0.4, -0.2) is 28.2 Å². The Bertz CT molecular complexity index is 701. The lowest BCUT2D eigenvalue weighted by Gasteiger charge is -2.22. The number of hydrogen-bond acceptors (Lipinski definition) is 2. The molecular weight excluding hydrogens is 312 g/mol. The molecule has 0 atom stereocenters. The Hall–Kier alpha value is -2.04. The second-order valence-electron chi connectivity index (χ2n) is 7.56. The Morgan fingerprint density at radius 1 is 1.32 bits per heavy atom. The zero-order chi connectivity index (χ0) is 17.6. The second kappa shape index (κ2) is 8.37. The lowest BCUT2D eigenvalue weighted by Crippen LogP contribution is -2.43. The first-order chi connectivity index (χ1) is 12.1. The van der Waals surface area contributed by atoms with E-state index in [2.05, 4.69) is 46.3 Å². The maximum Gasteiger partial charge on any atom is 0.315 e. The molecule has 0 saturated heterocycles. The summed E-state index contributed by atoms with van der Waals surface area (Å²) in [6.45, 7) is 6.04. The smallest absolute Gasteiger partial charge is 0.315 e. The third-order valence-corrected chi connectivity index (χ3v) is 4.90. The molecule has 0 unspecified atom stereocenters. The van der Waals surface area contributed by atoms with Gasteiger partial charge < -0.3 is 15.2 Å². The molecule has 2 aromatic heterocycles. The molecule has 1 saturated carbocycles. The molecule has 0 aliphatic heterocycles. The minimum Gasteiger partial charge on any atom is -0.338 e. The minimum absolute atomic E-state index is 0.0315. The zero-order valence-electron chi connectivity index (χ0n) is 15.4. The third kappa shape index (κ3) is 4.74. The number of amides is 2. The molecule has 2 heterocycles. The maximum atomic E-state index is 12.1. The molecule has 5 nitrogen and oxygen atoms in total. The summed E-state index contributed by atoms with van der Waals surface area (Å²) in [7, 11) is 0. The first kappa shape index (κ1) is 17.8. The van der Waals surface area contributed by atoms with E-state index in [9.17, 15) is 4.79 Å². The predicted molar refractivity (Wildman–Crippen MR) is 102 cm³/mol. The summed E-state index contributed by atoms with van der Waals surface area (Å²) in [5, 5.41) is 7.31. The fourth-order valence-corrected chi connectivity index (χ4v) is 3.72. The molecule has 2 aromatic rings. The summed E-state index contributed by atoms with van der Waals surface area (Å²) in [5.74, 6) is 0.574. The van der Waals surface area contributed by atoms with Gasteiger partial charge in [0.25, 0.3) is 0 Å². The van der Waals surface area contributed by atoms with Crippen molar-refractivity contribution in [3.63, 3.8) is 0 Å². The first-order valence-corrected chi connectivity index (χ1v) is 9.60. The van der Waals surface area contributed by atoms with Gasteiger partial charge in [0, 0.05) is 36.9 Å². The van der Waals surface area contributed by atoms with E-state index in [1.807, 2.05) is 12.3 Å². The largest absolute Gasteiger partial charge is 0.338 e.